The highest BCUT2D eigenvalue weighted by atomic mass is 35.5. The van der Waals surface area contributed by atoms with Crippen LogP contribution in [0.1, 0.15) is 5.56 Å². The molecular weight excluding hydrogens is 217 g/mol. The predicted octanol–water partition coefficient (Wildman–Crippen LogP) is 2.32. The van der Waals surface area contributed by atoms with Crippen molar-refractivity contribution in [1.82, 2.24) is 9.78 Å². The Kier molecular flexibility index (Phi) is 3.31. The predicted molar refractivity (Wildman–Crippen MR) is 59.9 cm³/mol. The van der Waals surface area contributed by atoms with E-state index in [0.717, 1.165) is 11.3 Å². The monoisotopic (exact) mass is 227 g/mol. The van der Waals surface area contributed by atoms with Crippen molar-refractivity contribution in [3.05, 3.63) is 41.8 Å². The number of hydrogen-bond donors (Lipinski definition) is 1. The summed E-state index contributed by atoms with van der Waals surface area (Å²) in [5.74, 6) is 0.236. The molecule has 2 rings (SSSR count). The number of nitrogen functional groups attached to an aromatic ring is 1. The van der Waals surface area contributed by atoms with E-state index >= 15 is 0 Å². The molecule has 0 aliphatic rings. The first kappa shape index (κ1) is 11.5. The molecule has 0 bridgehead atoms. The second-order valence-electron chi connectivity index (χ2n) is 3.12. The van der Waals surface area contributed by atoms with Crippen LogP contribution in [-0.4, -0.2) is 9.78 Å². The number of aromatic nitrogens is 2. The fourth-order valence-corrected chi connectivity index (χ4v) is 1.20. The Labute approximate surface area is 93.1 Å². The lowest BCUT2D eigenvalue weighted by molar-refractivity contribution is 0.627. The normalized spacial score (nSPS) is 9.73. The summed E-state index contributed by atoms with van der Waals surface area (Å²) in [7, 11) is 0. The van der Waals surface area contributed by atoms with Gasteiger partial charge in [0.15, 0.2) is 0 Å². The molecule has 0 saturated carbocycles. The molecule has 3 nitrogen and oxygen atoms in total. The highest BCUT2D eigenvalue weighted by Crippen LogP contribution is 2.13. The standard InChI is InChI=1S/C10H10FN3.ClH/c1-7-6-14(13-10(7)12)9-4-2-8(11)3-5-9;/h2-6H,1H3,(H2,12,13);1H. The highest BCUT2D eigenvalue weighted by molar-refractivity contribution is 5.85. The molecule has 1 heterocycles. The van der Waals surface area contributed by atoms with Crippen molar-refractivity contribution in [3.63, 3.8) is 0 Å². The quantitative estimate of drug-likeness (QED) is 0.813. The molecule has 5 heteroatoms. The minimum Gasteiger partial charge on any atom is -0.382 e. The van der Waals surface area contributed by atoms with Crippen molar-refractivity contribution in [2.75, 3.05) is 5.73 Å². The summed E-state index contributed by atoms with van der Waals surface area (Å²) in [4.78, 5) is 0. The van der Waals surface area contributed by atoms with Crippen molar-refractivity contribution >= 4 is 18.2 Å². The van der Waals surface area contributed by atoms with Gasteiger partial charge in [-0.3, -0.25) is 0 Å². The first-order valence-electron chi connectivity index (χ1n) is 4.24. The maximum absolute atomic E-state index is 12.6. The molecular formula is C10H11ClFN3. The minimum atomic E-state index is -0.259. The Morgan fingerprint density at radius 2 is 1.87 bits per heavy atom. The van der Waals surface area contributed by atoms with E-state index in [2.05, 4.69) is 5.10 Å². The average Bonchev–Trinajstić information content (AvgIpc) is 2.48. The third-order valence-corrected chi connectivity index (χ3v) is 2.03. The van der Waals surface area contributed by atoms with Gasteiger partial charge < -0.3 is 5.73 Å². The van der Waals surface area contributed by atoms with Gasteiger partial charge in [-0.05, 0) is 31.2 Å². The SMILES string of the molecule is Cc1cn(-c2ccc(F)cc2)nc1N.Cl. The second kappa shape index (κ2) is 4.31. The molecule has 0 fully saturated rings. The summed E-state index contributed by atoms with van der Waals surface area (Å²) in [5, 5.41) is 4.08. The van der Waals surface area contributed by atoms with E-state index in [4.69, 9.17) is 5.73 Å². The number of aryl methyl sites for hydroxylation is 1. The Morgan fingerprint density at radius 1 is 1.27 bits per heavy atom. The Hall–Kier alpha value is -1.55. The summed E-state index contributed by atoms with van der Waals surface area (Å²) in [5.41, 5.74) is 7.31. The van der Waals surface area contributed by atoms with Crippen molar-refractivity contribution in [3.8, 4) is 5.69 Å². The first-order valence-corrected chi connectivity index (χ1v) is 4.24. The molecule has 15 heavy (non-hydrogen) atoms. The van der Waals surface area contributed by atoms with Gasteiger partial charge in [0, 0.05) is 11.8 Å². The molecule has 1 aromatic carbocycles. The van der Waals surface area contributed by atoms with Gasteiger partial charge in [-0.25, -0.2) is 9.07 Å². The summed E-state index contributed by atoms with van der Waals surface area (Å²) >= 11 is 0. The minimum absolute atomic E-state index is 0. The third kappa shape index (κ3) is 2.27. The molecule has 0 amide bonds. The van der Waals surface area contributed by atoms with Gasteiger partial charge in [-0.1, -0.05) is 0 Å². The van der Waals surface area contributed by atoms with Crippen LogP contribution in [0.25, 0.3) is 5.69 Å². The van der Waals surface area contributed by atoms with E-state index < -0.39 is 0 Å². The topological polar surface area (TPSA) is 43.8 Å². The number of nitrogens with two attached hydrogens (primary N) is 1. The first-order chi connectivity index (χ1) is 6.66. The van der Waals surface area contributed by atoms with Gasteiger partial charge >= 0.3 is 0 Å². The van der Waals surface area contributed by atoms with Crippen LogP contribution in [0.4, 0.5) is 10.2 Å². The molecule has 0 atom stereocenters. The lowest BCUT2D eigenvalue weighted by Gasteiger charge is -1.99. The van der Waals surface area contributed by atoms with E-state index in [0.29, 0.717) is 5.82 Å². The molecule has 0 aliphatic heterocycles. The Bertz CT molecular complexity index is 431. The van der Waals surface area contributed by atoms with Crippen molar-refractivity contribution in [1.29, 1.82) is 0 Å². The fraction of sp³-hybridized carbons (Fsp3) is 0.100. The summed E-state index contributed by atoms with van der Waals surface area (Å²) in [6, 6.07) is 6.09. The van der Waals surface area contributed by atoms with Crippen LogP contribution >= 0.6 is 12.4 Å². The summed E-state index contributed by atoms with van der Waals surface area (Å²) in [6.45, 7) is 1.88. The van der Waals surface area contributed by atoms with Gasteiger partial charge in [-0.15, -0.1) is 12.4 Å². The van der Waals surface area contributed by atoms with E-state index in [9.17, 15) is 4.39 Å². The van der Waals surface area contributed by atoms with Crippen LogP contribution in [0.15, 0.2) is 30.5 Å². The average molecular weight is 228 g/mol. The summed E-state index contributed by atoms with van der Waals surface area (Å²) in [6.07, 6.45) is 1.81. The molecule has 0 saturated heterocycles. The zero-order chi connectivity index (χ0) is 10.1. The number of anilines is 1. The van der Waals surface area contributed by atoms with Crippen LogP contribution < -0.4 is 5.73 Å². The van der Waals surface area contributed by atoms with Gasteiger partial charge in [0.25, 0.3) is 0 Å². The van der Waals surface area contributed by atoms with Crippen LogP contribution in [0.5, 0.6) is 0 Å². The Balaban J connectivity index is 0.00000112. The van der Waals surface area contributed by atoms with Crippen LogP contribution in [0.3, 0.4) is 0 Å². The van der Waals surface area contributed by atoms with E-state index in [-0.39, 0.29) is 18.2 Å². The summed E-state index contributed by atoms with van der Waals surface area (Å²) < 4.78 is 14.3. The smallest absolute Gasteiger partial charge is 0.148 e. The zero-order valence-electron chi connectivity index (χ0n) is 8.14. The lowest BCUT2D eigenvalue weighted by Crippen LogP contribution is -1.95. The molecule has 1 aromatic heterocycles. The van der Waals surface area contributed by atoms with Crippen LogP contribution in [0, 0.1) is 12.7 Å². The highest BCUT2D eigenvalue weighted by Gasteiger charge is 2.02. The number of halogens is 2. The maximum atomic E-state index is 12.6. The van der Waals surface area contributed by atoms with Crippen molar-refractivity contribution in [2.24, 2.45) is 0 Å². The van der Waals surface area contributed by atoms with Crippen LogP contribution in [0.2, 0.25) is 0 Å². The van der Waals surface area contributed by atoms with Gasteiger partial charge in [0.1, 0.15) is 11.6 Å². The number of nitrogens with zero attached hydrogens (tertiary/aromatic N) is 2. The van der Waals surface area contributed by atoms with Gasteiger partial charge in [-0.2, -0.15) is 5.10 Å². The van der Waals surface area contributed by atoms with E-state index in [1.807, 2.05) is 13.1 Å². The molecule has 0 spiro atoms. The molecule has 0 radical (unpaired) electrons. The van der Waals surface area contributed by atoms with E-state index in [1.54, 1.807) is 16.8 Å². The fourth-order valence-electron chi connectivity index (χ4n) is 1.20. The number of benzene rings is 1. The molecule has 2 N–H and O–H groups in total. The van der Waals surface area contributed by atoms with Gasteiger partial charge in [0.2, 0.25) is 0 Å². The maximum Gasteiger partial charge on any atom is 0.148 e. The molecule has 0 unspecified atom stereocenters. The lowest BCUT2D eigenvalue weighted by atomic mass is 10.3. The van der Waals surface area contributed by atoms with Gasteiger partial charge in [0.05, 0.1) is 5.69 Å². The zero-order valence-corrected chi connectivity index (χ0v) is 8.96. The number of rotatable bonds is 1. The van der Waals surface area contributed by atoms with Crippen molar-refractivity contribution in [2.45, 2.75) is 6.92 Å². The third-order valence-electron chi connectivity index (χ3n) is 2.03. The Morgan fingerprint density at radius 3 is 2.33 bits per heavy atom. The molecule has 0 aliphatic carbocycles. The van der Waals surface area contributed by atoms with Crippen molar-refractivity contribution < 1.29 is 4.39 Å². The van der Waals surface area contributed by atoms with Crippen LogP contribution in [-0.2, 0) is 0 Å². The molecule has 2 aromatic rings. The number of hydrogen-bond acceptors (Lipinski definition) is 2. The molecule has 80 valence electrons. The second-order valence-corrected chi connectivity index (χ2v) is 3.12. The largest absolute Gasteiger partial charge is 0.382 e. The van der Waals surface area contributed by atoms with E-state index in [1.165, 1.54) is 12.1 Å².